The van der Waals surface area contributed by atoms with Gasteiger partial charge in [0.05, 0.1) is 15.6 Å². The summed E-state index contributed by atoms with van der Waals surface area (Å²) in [5, 5.41) is 4.17. The van der Waals surface area contributed by atoms with E-state index >= 15 is 0 Å². The lowest BCUT2D eigenvalue weighted by atomic mass is 9.74. The highest BCUT2D eigenvalue weighted by Crippen LogP contribution is 2.48. The van der Waals surface area contributed by atoms with Gasteiger partial charge in [0.1, 0.15) is 5.15 Å². The van der Waals surface area contributed by atoms with Crippen molar-refractivity contribution in [3.8, 4) is 0 Å². The second-order valence-electron chi connectivity index (χ2n) is 10.1. The van der Waals surface area contributed by atoms with Crippen LogP contribution in [-0.2, 0) is 18.1 Å². The molecule has 5 nitrogen and oxygen atoms in total. The summed E-state index contributed by atoms with van der Waals surface area (Å²) in [6.45, 7) is 2.60. The number of rotatable bonds is 5. The molecule has 2 aromatic carbocycles. The normalized spacial score (nSPS) is 17.0. The number of amides is 2. The maximum atomic E-state index is 13.7. The maximum absolute atomic E-state index is 13.7. The number of likely N-dealkylation sites (tertiary alicyclic amines) is 1. The molecule has 5 rings (SSSR count). The molecule has 11 heteroatoms. The first-order chi connectivity index (χ1) is 19.0. The van der Waals surface area contributed by atoms with Crippen LogP contribution in [0.1, 0.15) is 35.1 Å². The summed E-state index contributed by atoms with van der Waals surface area (Å²) >= 11 is 18.0. The van der Waals surface area contributed by atoms with Crippen molar-refractivity contribution < 1.29 is 18.0 Å². The Morgan fingerprint density at radius 1 is 1.02 bits per heavy atom. The topological polar surface area (TPSA) is 48.5 Å². The third-order valence-electron chi connectivity index (χ3n) is 7.56. The molecule has 2 aliphatic rings. The number of urea groups is 1. The maximum Gasteiger partial charge on any atom is 0.416 e. The molecule has 40 heavy (non-hydrogen) atoms. The number of nitrogens with zero attached hydrogens (tertiary/aromatic N) is 3. The average Bonchev–Trinajstić information content (AvgIpc) is 3.23. The molecule has 0 saturated carbocycles. The average molecular weight is 610 g/mol. The first-order valence-corrected chi connectivity index (χ1v) is 13.9. The Bertz CT molecular complexity index is 1440. The Labute approximate surface area is 245 Å². The predicted octanol–water partition coefficient (Wildman–Crippen LogP) is 7.84. The van der Waals surface area contributed by atoms with Gasteiger partial charge in [-0.05, 0) is 85.1 Å². The summed E-state index contributed by atoms with van der Waals surface area (Å²) in [5.41, 5.74) is 1.55. The number of nitrogens with one attached hydrogen (secondary N) is 1. The van der Waals surface area contributed by atoms with Crippen molar-refractivity contribution >= 4 is 52.6 Å². The standard InChI is InChI=1S/C29H26Cl3F3N4O/c30-23-5-3-19(14-24(23)31)2-1-11-38-12-8-28(9-13-38)18-39(25-6-4-21(16-22(25)28)29(33,34)35)27(40)37-17-20-7-10-36-26(32)15-20/h1-7,10,14-16H,8-9,11-13,17-18H2,(H,37,40). The van der Waals surface area contributed by atoms with Gasteiger partial charge in [-0.15, -0.1) is 0 Å². The van der Waals surface area contributed by atoms with E-state index in [1.807, 2.05) is 18.2 Å². The molecule has 3 heterocycles. The van der Waals surface area contributed by atoms with E-state index in [-0.39, 0.29) is 12.6 Å². The van der Waals surface area contributed by atoms with Gasteiger partial charge in [-0.25, -0.2) is 9.78 Å². The third-order valence-corrected chi connectivity index (χ3v) is 8.50. The summed E-state index contributed by atoms with van der Waals surface area (Å²) in [6.07, 6.45) is 2.35. The van der Waals surface area contributed by atoms with Crippen LogP contribution in [0.2, 0.25) is 15.2 Å². The largest absolute Gasteiger partial charge is 0.416 e. The minimum atomic E-state index is -4.47. The lowest BCUT2D eigenvalue weighted by Crippen LogP contribution is -2.47. The molecule has 2 aliphatic heterocycles. The van der Waals surface area contributed by atoms with Crippen LogP contribution < -0.4 is 10.2 Å². The van der Waals surface area contributed by atoms with E-state index in [1.54, 1.807) is 35.4 Å². The molecule has 1 saturated heterocycles. The Hall–Kier alpha value is -2.78. The Balaban J connectivity index is 1.30. The van der Waals surface area contributed by atoms with E-state index in [0.717, 1.165) is 17.2 Å². The Kier molecular flexibility index (Phi) is 8.34. The number of alkyl halides is 3. The summed E-state index contributed by atoms with van der Waals surface area (Å²) < 4.78 is 41.0. The summed E-state index contributed by atoms with van der Waals surface area (Å²) in [6, 6.07) is 12.1. The third kappa shape index (κ3) is 6.25. The van der Waals surface area contributed by atoms with Crippen LogP contribution in [0, 0.1) is 0 Å². The molecule has 3 aromatic rings. The summed E-state index contributed by atoms with van der Waals surface area (Å²) in [5.74, 6) is 0. The van der Waals surface area contributed by atoms with Crippen molar-refractivity contribution in [2.45, 2.75) is 31.0 Å². The van der Waals surface area contributed by atoms with Crippen LogP contribution in [0.15, 0.2) is 60.8 Å². The van der Waals surface area contributed by atoms with Crippen molar-refractivity contribution in [3.63, 3.8) is 0 Å². The van der Waals surface area contributed by atoms with E-state index in [4.69, 9.17) is 34.8 Å². The van der Waals surface area contributed by atoms with E-state index in [0.29, 0.717) is 65.5 Å². The molecule has 1 N–H and O–H groups in total. The lowest BCUT2D eigenvalue weighted by Gasteiger charge is -2.39. The van der Waals surface area contributed by atoms with Gasteiger partial charge in [-0.2, -0.15) is 13.2 Å². The molecule has 0 atom stereocenters. The number of piperidine rings is 1. The van der Waals surface area contributed by atoms with Crippen LogP contribution >= 0.6 is 34.8 Å². The zero-order valence-electron chi connectivity index (χ0n) is 21.3. The molecular weight excluding hydrogens is 584 g/mol. The highest BCUT2D eigenvalue weighted by molar-refractivity contribution is 6.42. The molecule has 0 unspecified atom stereocenters. The van der Waals surface area contributed by atoms with Gasteiger partial charge < -0.3 is 5.32 Å². The zero-order valence-corrected chi connectivity index (χ0v) is 23.6. The fourth-order valence-corrected chi connectivity index (χ4v) is 5.90. The summed E-state index contributed by atoms with van der Waals surface area (Å²) in [7, 11) is 0. The van der Waals surface area contributed by atoms with E-state index in [9.17, 15) is 18.0 Å². The second-order valence-corrected chi connectivity index (χ2v) is 11.3. The van der Waals surface area contributed by atoms with Crippen LogP contribution in [0.25, 0.3) is 6.08 Å². The number of pyridine rings is 1. The first-order valence-electron chi connectivity index (χ1n) is 12.8. The van der Waals surface area contributed by atoms with Crippen molar-refractivity contribution in [1.29, 1.82) is 0 Å². The zero-order chi connectivity index (χ0) is 28.5. The number of fused-ring (bicyclic) bond motifs is 2. The minimum Gasteiger partial charge on any atom is -0.334 e. The predicted molar refractivity (Wildman–Crippen MR) is 153 cm³/mol. The van der Waals surface area contributed by atoms with Crippen LogP contribution in [-0.4, -0.2) is 42.1 Å². The molecule has 0 radical (unpaired) electrons. The molecule has 1 spiro atoms. The van der Waals surface area contributed by atoms with Gasteiger partial charge in [0.15, 0.2) is 0 Å². The minimum absolute atomic E-state index is 0.222. The smallest absolute Gasteiger partial charge is 0.334 e. The highest BCUT2D eigenvalue weighted by atomic mass is 35.5. The SMILES string of the molecule is O=C(NCc1ccnc(Cl)c1)N1CC2(CCN(CC=Cc3ccc(Cl)c(Cl)c3)CC2)c2cc(C(F)(F)F)ccc21. The van der Waals surface area contributed by atoms with Gasteiger partial charge in [0, 0.05) is 36.9 Å². The van der Waals surface area contributed by atoms with E-state index < -0.39 is 17.2 Å². The van der Waals surface area contributed by atoms with Gasteiger partial charge >= 0.3 is 12.2 Å². The number of hydrogen-bond donors (Lipinski definition) is 1. The van der Waals surface area contributed by atoms with Crippen LogP contribution in [0.5, 0.6) is 0 Å². The van der Waals surface area contributed by atoms with Gasteiger partial charge in [0.25, 0.3) is 0 Å². The van der Waals surface area contributed by atoms with Gasteiger partial charge in [-0.1, -0.05) is 53.0 Å². The number of benzene rings is 2. The molecule has 0 aliphatic carbocycles. The van der Waals surface area contributed by atoms with E-state index in [2.05, 4.69) is 15.2 Å². The van der Waals surface area contributed by atoms with Gasteiger partial charge in [0.2, 0.25) is 0 Å². The monoisotopic (exact) mass is 608 g/mol. The van der Waals surface area contributed by atoms with E-state index in [1.165, 1.54) is 12.1 Å². The Morgan fingerprint density at radius 2 is 1.80 bits per heavy atom. The fraction of sp³-hybridized carbons (Fsp3) is 0.310. The van der Waals surface area contributed by atoms with Crippen LogP contribution in [0.4, 0.5) is 23.7 Å². The molecule has 2 amide bonds. The van der Waals surface area contributed by atoms with Crippen molar-refractivity contribution in [3.05, 3.63) is 98.3 Å². The quantitative estimate of drug-likeness (QED) is 0.300. The second kappa shape index (κ2) is 11.6. The number of carbonyl (C=O) groups excluding carboxylic acids is 1. The lowest BCUT2D eigenvalue weighted by molar-refractivity contribution is -0.137. The first kappa shape index (κ1) is 28.7. The molecular formula is C29H26Cl3F3N4O. The molecule has 1 aromatic heterocycles. The molecule has 1 fully saturated rings. The number of aromatic nitrogens is 1. The molecule has 210 valence electrons. The Morgan fingerprint density at radius 3 is 2.50 bits per heavy atom. The number of carbonyl (C=O) groups is 1. The summed E-state index contributed by atoms with van der Waals surface area (Å²) in [4.78, 5) is 21.0. The van der Waals surface area contributed by atoms with Crippen molar-refractivity contribution in [1.82, 2.24) is 15.2 Å². The number of halogens is 6. The fourth-order valence-electron chi connectivity index (χ4n) is 5.40. The molecule has 0 bridgehead atoms. The van der Waals surface area contributed by atoms with Crippen LogP contribution in [0.3, 0.4) is 0 Å². The number of hydrogen-bond acceptors (Lipinski definition) is 3. The van der Waals surface area contributed by atoms with Crippen molar-refractivity contribution in [2.24, 2.45) is 0 Å². The van der Waals surface area contributed by atoms with Crippen molar-refractivity contribution in [2.75, 3.05) is 31.1 Å². The highest BCUT2D eigenvalue weighted by Gasteiger charge is 2.47. The number of anilines is 1. The van der Waals surface area contributed by atoms with Gasteiger partial charge in [-0.3, -0.25) is 9.80 Å².